The molecule has 19 heavy (non-hydrogen) atoms. The van der Waals surface area contributed by atoms with Crippen LogP contribution in [0.25, 0.3) is 5.57 Å². The predicted molar refractivity (Wildman–Crippen MR) is 65.9 cm³/mol. The molecule has 2 aliphatic heterocycles. The van der Waals surface area contributed by atoms with E-state index < -0.39 is 17.3 Å². The van der Waals surface area contributed by atoms with Gasteiger partial charge in [-0.2, -0.15) is 13.2 Å². The van der Waals surface area contributed by atoms with E-state index in [0.29, 0.717) is 16.9 Å². The largest absolute Gasteiger partial charge is 0.482 e. The van der Waals surface area contributed by atoms with Crippen molar-refractivity contribution in [2.45, 2.75) is 24.6 Å². The van der Waals surface area contributed by atoms with E-state index in [9.17, 15) is 13.2 Å². The second-order valence-electron chi connectivity index (χ2n) is 5.03. The second kappa shape index (κ2) is 4.00. The van der Waals surface area contributed by atoms with Gasteiger partial charge in [0.2, 0.25) is 0 Å². The molecule has 3 rings (SSSR count). The van der Waals surface area contributed by atoms with E-state index in [1.807, 2.05) is 0 Å². The number of fused-ring (bicyclic) bond motifs is 1. The third kappa shape index (κ3) is 1.92. The SMILES string of the molecule is C=C1c2cc(C(F)(F)F)ccc2OC12CCNCC2. The number of rotatable bonds is 0. The topological polar surface area (TPSA) is 21.3 Å². The van der Waals surface area contributed by atoms with Crippen LogP contribution in [0.2, 0.25) is 0 Å². The first-order valence-electron chi connectivity index (χ1n) is 6.23. The van der Waals surface area contributed by atoms with Crippen LogP contribution in [0, 0.1) is 0 Å². The lowest BCUT2D eigenvalue weighted by Crippen LogP contribution is -2.44. The van der Waals surface area contributed by atoms with Crippen LogP contribution in [0.5, 0.6) is 5.75 Å². The third-order valence-corrected chi connectivity index (χ3v) is 3.90. The lowest BCUT2D eigenvalue weighted by Gasteiger charge is -2.34. The van der Waals surface area contributed by atoms with Crippen LogP contribution in [0.4, 0.5) is 13.2 Å². The van der Waals surface area contributed by atoms with Crippen molar-refractivity contribution in [1.82, 2.24) is 5.32 Å². The minimum atomic E-state index is -4.33. The monoisotopic (exact) mass is 269 g/mol. The van der Waals surface area contributed by atoms with E-state index in [-0.39, 0.29) is 0 Å². The molecule has 1 N–H and O–H groups in total. The van der Waals surface area contributed by atoms with Gasteiger partial charge in [0.15, 0.2) is 0 Å². The van der Waals surface area contributed by atoms with Gasteiger partial charge < -0.3 is 10.1 Å². The van der Waals surface area contributed by atoms with E-state index in [1.165, 1.54) is 6.07 Å². The summed E-state index contributed by atoms with van der Waals surface area (Å²) >= 11 is 0. The maximum atomic E-state index is 12.7. The summed E-state index contributed by atoms with van der Waals surface area (Å²) in [4.78, 5) is 0. The summed E-state index contributed by atoms with van der Waals surface area (Å²) in [7, 11) is 0. The number of benzene rings is 1. The molecule has 0 saturated carbocycles. The highest BCUT2D eigenvalue weighted by molar-refractivity contribution is 5.79. The van der Waals surface area contributed by atoms with Crippen molar-refractivity contribution in [3.63, 3.8) is 0 Å². The highest BCUT2D eigenvalue weighted by Gasteiger charge is 2.44. The van der Waals surface area contributed by atoms with E-state index in [4.69, 9.17) is 4.74 Å². The van der Waals surface area contributed by atoms with Crippen molar-refractivity contribution in [3.05, 3.63) is 35.9 Å². The number of piperidine rings is 1. The fraction of sp³-hybridized carbons (Fsp3) is 0.429. The number of alkyl halides is 3. The molecule has 1 saturated heterocycles. The first-order valence-corrected chi connectivity index (χ1v) is 6.23. The van der Waals surface area contributed by atoms with Crippen molar-refractivity contribution in [2.24, 2.45) is 0 Å². The Morgan fingerprint density at radius 3 is 2.53 bits per heavy atom. The minimum absolute atomic E-state index is 0.497. The smallest absolute Gasteiger partial charge is 0.416 e. The second-order valence-corrected chi connectivity index (χ2v) is 5.03. The first-order chi connectivity index (χ1) is 8.92. The zero-order valence-corrected chi connectivity index (χ0v) is 10.3. The summed E-state index contributed by atoms with van der Waals surface area (Å²) in [5, 5.41) is 3.22. The molecule has 1 spiro atoms. The molecule has 0 radical (unpaired) electrons. The van der Waals surface area contributed by atoms with E-state index in [0.717, 1.165) is 38.1 Å². The van der Waals surface area contributed by atoms with Crippen LogP contribution < -0.4 is 10.1 Å². The molecule has 1 aromatic rings. The van der Waals surface area contributed by atoms with Crippen LogP contribution in [0.15, 0.2) is 24.8 Å². The van der Waals surface area contributed by atoms with Gasteiger partial charge in [0.25, 0.3) is 0 Å². The van der Waals surface area contributed by atoms with Crippen molar-refractivity contribution in [1.29, 1.82) is 0 Å². The van der Waals surface area contributed by atoms with Crippen LogP contribution in [-0.2, 0) is 6.18 Å². The fourth-order valence-corrected chi connectivity index (χ4v) is 2.78. The average molecular weight is 269 g/mol. The zero-order chi connectivity index (χ0) is 13.7. The Hall–Kier alpha value is -1.49. The van der Waals surface area contributed by atoms with Crippen molar-refractivity contribution >= 4 is 5.57 Å². The Kier molecular flexibility index (Phi) is 2.64. The standard InChI is InChI=1S/C14H14F3NO/c1-9-11-8-10(14(15,16)17)2-3-12(11)19-13(9)4-6-18-7-5-13/h2-3,8,18H,1,4-7H2. The Bertz CT molecular complexity index is 530. The summed E-state index contributed by atoms with van der Waals surface area (Å²) in [5.41, 5.74) is 0.00598. The van der Waals surface area contributed by atoms with Crippen molar-refractivity contribution in [2.75, 3.05) is 13.1 Å². The summed E-state index contributed by atoms with van der Waals surface area (Å²) < 4.78 is 44.1. The molecule has 2 heterocycles. The average Bonchev–Trinajstić information content (AvgIpc) is 2.62. The summed E-state index contributed by atoms with van der Waals surface area (Å²) in [5.74, 6) is 0.514. The molecule has 5 heteroatoms. The lowest BCUT2D eigenvalue weighted by molar-refractivity contribution is -0.137. The molecule has 0 unspecified atom stereocenters. The number of nitrogens with one attached hydrogen (secondary N) is 1. The molecule has 2 aliphatic rings. The Morgan fingerprint density at radius 2 is 1.89 bits per heavy atom. The fourth-order valence-electron chi connectivity index (χ4n) is 2.78. The number of halogens is 3. The van der Waals surface area contributed by atoms with Crippen molar-refractivity contribution < 1.29 is 17.9 Å². The molecule has 2 nitrogen and oxygen atoms in total. The summed E-state index contributed by atoms with van der Waals surface area (Å²) in [6.45, 7) is 5.56. The molecule has 0 aliphatic carbocycles. The van der Waals surface area contributed by atoms with Crippen LogP contribution in [-0.4, -0.2) is 18.7 Å². The number of hydrogen-bond acceptors (Lipinski definition) is 2. The quantitative estimate of drug-likeness (QED) is 0.780. The maximum Gasteiger partial charge on any atom is 0.416 e. The maximum absolute atomic E-state index is 12.7. The molecule has 1 aromatic carbocycles. The molecule has 0 aromatic heterocycles. The van der Waals surface area contributed by atoms with E-state index in [2.05, 4.69) is 11.9 Å². The molecule has 1 fully saturated rings. The molecular formula is C14H14F3NO. The van der Waals surface area contributed by atoms with Gasteiger partial charge in [0.1, 0.15) is 11.4 Å². The zero-order valence-electron chi connectivity index (χ0n) is 10.3. The van der Waals surface area contributed by atoms with Gasteiger partial charge in [-0.3, -0.25) is 0 Å². The molecular weight excluding hydrogens is 255 g/mol. The Balaban J connectivity index is 2.00. The van der Waals surface area contributed by atoms with Gasteiger partial charge in [0, 0.05) is 18.4 Å². The first kappa shape index (κ1) is 12.5. The van der Waals surface area contributed by atoms with Gasteiger partial charge in [-0.1, -0.05) is 6.58 Å². The molecule has 0 bridgehead atoms. The van der Waals surface area contributed by atoms with E-state index >= 15 is 0 Å². The van der Waals surface area contributed by atoms with Gasteiger partial charge >= 0.3 is 6.18 Å². The summed E-state index contributed by atoms with van der Waals surface area (Å²) in [6.07, 6.45) is -2.86. The van der Waals surface area contributed by atoms with Crippen LogP contribution in [0.3, 0.4) is 0 Å². The highest BCUT2D eigenvalue weighted by Crippen LogP contribution is 2.48. The predicted octanol–water partition coefficient (Wildman–Crippen LogP) is 3.23. The third-order valence-electron chi connectivity index (χ3n) is 3.90. The Morgan fingerprint density at radius 1 is 1.21 bits per heavy atom. The molecule has 0 amide bonds. The normalized spacial score (nSPS) is 21.3. The van der Waals surface area contributed by atoms with E-state index in [1.54, 1.807) is 0 Å². The van der Waals surface area contributed by atoms with Gasteiger partial charge in [-0.15, -0.1) is 0 Å². The number of hydrogen-bond donors (Lipinski definition) is 1. The van der Waals surface area contributed by atoms with Crippen molar-refractivity contribution in [3.8, 4) is 5.75 Å². The van der Waals surface area contributed by atoms with Gasteiger partial charge in [-0.25, -0.2) is 0 Å². The minimum Gasteiger partial charge on any atom is -0.482 e. The number of ether oxygens (including phenoxy) is 1. The molecule has 0 atom stereocenters. The van der Waals surface area contributed by atoms with Crippen LogP contribution >= 0.6 is 0 Å². The Labute approximate surface area is 109 Å². The van der Waals surface area contributed by atoms with Crippen LogP contribution in [0.1, 0.15) is 24.0 Å². The molecule has 102 valence electrons. The van der Waals surface area contributed by atoms with Gasteiger partial charge in [-0.05, 0) is 36.9 Å². The van der Waals surface area contributed by atoms with Gasteiger partial charge in [0.05, 0.1) is 5.56 Å². The lowest BCUT2D eigenvalue weighted by atomic mass is 9.84. The summed E-state index contributed by atoms with van der Waals surface area (Å²) in [6, 6.07) is 3.61. The highest BCUT2D eigenvalue weighted by atomic mass is 19.4.